The fourth-order valence-corrected chi connectivity index (χ4v) is 2.64. The van der Waals surface area contributed by atoms with Crippen LogP contribution in [0.2, 0.25) is 0 Å². The Morgan fingerprint density at radius 1 is 1.39 bits per heavy atom. The first kappa shape index (κ1) is 13.3. The molecule has 1 aromatic rings. The highest BCUT2D eigenvalue weighted by Gasteiger charge is 2.48. The summed E-state index contributed by atoms with van der Waals surface area (Å²) in [5, 5.41) is 3.42. The van der Waals surface area contributed by atoms with Gasteiger partial charge >= 0.3 is 0 Å². The number of hydrogen-bond donors (Lipinski definition) is 1. The molecule has 1 aromatic carbocycles. The van der Waals surface area contributed by atoms with Gasteiger partial charge in [-0.25, -0.2) is 4.39 Å². The van der Waals surface area contributed by atoms with Gasteiger partial charge in [-0.05, 0) is 44.0 Å². The summed E-state index contributed by atoms with van der Waals surface area (Å²) in [6.45, 7) is 9.07. The number of anilines is 1. The van der Waals surface area contributed by atoms with E-state index in [1.54, 1.807) is 12.1 Å². The summed E-state index contributed by atoms with van der Waals surface area (Å²) in [6, 6.07) is 5.42. The third-order valence-electron chi connectivity index (χ3n) is 3.93. The average molecular weight is 251 g/mol. The Hall–Kier alpha value is -1.09. The van der Waals surface area contributed by atoms with Crippen LogP contribution in [0.5, 0.6) is 0 Å². The van der Waals surface area contributed by atoms with Crippen molar-refractivity contribution >= 4 is 5.69 Å². The Morgan fingerprint density at radius 2 is 2.11 bits per heavy atom. The molecule has 0 spiro atoms. The highest BCUT2D eigenvalue weighted by Crippen LogP contribution is 2.44. The quantitative estimate of drug-likeness (QED) is 0.880. The van der Waals surface area contributed by atoms with Crippen LogP contribution in [0.4, 0.5) is 10.1 Å². The first-order valence-corrected chi connectivity index (χ1v) is 6.59. The van der Waals surface area contributed by atoms with Crippen molar-refractivity contribution in [3.8, 4) is 0 Å². The Morgan fingerprint density at radius 3 is 2.67 bits per heavy atom. The maximum atomic E-state index is 13.3. The molecule has 0 amide bonds. The second-order valence-electron chi connectivity index (χ2n) is 5.72. The van der Waals surface area contributed by atoms with E-state index in [2.05, 4.69) is 19.2 Å². The van der Waals surface area contributed by atoms with Gasteiger partial charge < -0.3 is 10.1 Å². The van der Waals surface area contributed by atoms with Crippen molar-refractivity contribution in [3.63, 3.8) is 0 Å². The number of ether oxygens (including phenoxy) is 1. The first-order chi connectivity index (χ1) is 8.43. The van der Waals surface area contributed by atoms with Gasteiger partial charge in [0.15, 0.2) is 0 Å². The van der Waals surface area contributed by atoms with Gasteiger partial charge in [0.25, 0.3) is 0 Å². The summed E-state index contributed by atoms with van der Waals surface area (Å²) in [4.78, 5) is 0. The van der Waals surface area contributed by atoms with E-state index in [9.17, 15) is 4.39 Å². The zero-order valence-corrected chi connectivity index (χ0v) is 11.6. The van der Waals surface area contributed by atoms with Crippen LogP contribution in [0.25, 0.3) is 0 Å². The summed E-state index contributed by atoms with van der Waals surface area (Å²) in [7, 11) is 0. The van der Waals surface area contributed by atoms with E-state index in [1.165, 1.54) is 0 Å². The number of rotatable bonds is 4. The van der Waals surface area contributed by atoms with Crippen molar-refractivity contribution < 1.29 is 9.13 Å². The Labute approximate surface area is 109 Å². The average Bonchev–Trinajstić information content (AvgIpc) is 2.26. The topological polar surface area (TPSA) is 21.3 Å². The molecule has 0 aliphatic heterocycles. The summed E-state index contributed by atoms with van der Waals surface area (Å²) >= 11 is 0. The van der Waals surface area contributed by atoms with Gasteiger partial charge in [0.05, 0.1) is 6.10 Å². The molecule has 2 unspecified atom stereocenters. The molecule has 2 rings (SSSR count). The monoisotopic (exact) mass is 251 g/mol. The predicted molar refractivity (Wildman–Crippen MR) is 72.4 cm³/mol. The lowest BCUT2D eigenvalue weighted by Gasteiger charge is -2.52. The largest absolute Gasteiger partial charge is 0.381 e. The van der Waals surface area contributed by atoms with Gasteiger partial charge in [0.1, 0.15) is 5.82 Å². The SMILES string of the molecule is CCOC1CC(Nc2cc(C)cc(F)c2)C1(C)C. The van der Waals surface area contributed by atoms with Crippen molar-refractivity contribution in [2.75, 3.05) is 11.9 Å². The van der Waals surface area contributed by atoms with Gasteiger partial charge in [0, 0.05) is 23.8 Å². The molecule has 2 atom stereocenters. The first-order valence-electron chi connectivity index (χ1n) is 6.59. The second-order valence-corrected chi connectivity index (χ2v) is 5.72. The summed E-state index contributed by atoms with van der Waals surface area (Å²) < 4.78 is 19.0. The van der Waals surface area contributed by atoms with E-state index in [0.717, 1.165) is 24.3 Å². The molecule has 100 valence electrons. The van der Waals surface area contributed by atoms with Gasteiger partial charge in [-0.2, -0.15) is 0 Å². The molecular formula is C15H22FNO. The minimum absolute atomic E-state index is 0.0935. The second kappa shape index (κ2) is 4.88. The molecule has 1 saturated carbocycles. The van der Waals surface area contributed by atoms with Gasteiger partial charge in [-0.3, -0.25) is 0 Å². The fraction of sp³-hybridized carbons (Fsp3) is 0.600. The molecule has 0 radical (unpaired) electrons. The minimum Gasteiger partial charge on any atom is -0.381 e. The van der Waals surface area contributed by atoms with Crippen LogP contribution in [0.3, 0.4) is 0 Å². The van der Waals surface area contributed by atoms with Gasteiger partial charge in [-0.15, -0.1) is 0 Å². The number of benzene rings is 1. The lowest BCUT2D eigenvalue weighted by atomic mass is 9.64. The van der Waals surface area contributed by atoms with Crippen LogP contribution >= 0.6 is 0 Å². The van der Waals surface area contributed by atoms with Crippen molar-refractivity contribution in [1.29, 1.82) is 0 Å². The molecule has 1 fully saturated rings. The van der Waals surface area contributed by atoms with Crippen LogP contribution in [-0.4, -0.2) is 18.8 Å². The van der Waals surface area contributed by atoms with E-state index in [1.807, 2.05) is 19.9 Å². The lowest BCUT2D eigenvalue weighted by molar-refractivity contribution is -0.0976. The Balaban J connectivity index is 2.03. The van der Waals surface area contributed by atoms with E-state index in [4.69, 9.17) is 4.74 Å². The molecule has 2 nitrogen and oxygen atoms in total. The number of hydrogen-bond acceptors (Lipinski definition) is 2. The van der Waals surface area contributed by atoms with Crippen LogP contribution < -0.4 is 5.32 Å². The maximum Gasteiger partial charge on any atom is 0.125 e. The van der Waals surface area contributed by atoms with Crippen LogP contribution in [-0.2, 0) is 4.74 Å². The normalized spacial score (nSPS) is 25.6. The molecule has 3 heteroatoms. The fourth-order valence-electron chi connectivity index (χ4n) is 2.64. The summed E-state index contributed by atoms with van der Waals surface area (Å²) in [5.74, 6) is -0.184. The molecular weight excluding hydrogens is 229 g/mol. The van der Waals surface area contributed by atoms with E-state index >= 15 is 0 Å². The molecule has 0 aromatic heterocycles. The minimum atomic E-state index is -0.184. The highest BCUT2D eigenvalue weighted by molar-refractivity contribution is 5.48. The third-order valence-corrected chi connectivity index (χ3v) is 3.93. The Kier molecular flexibility index (Phi) is 3.62. The van der Waals surface area contributed by atoms with Crippen molar-refractivity contribution in [1.82, 2.24) is 0 Å². The standard InChI is InChI=1S/C15H22FNO/c1-5-18-14-9-13(15(14,3)4)17-12-7-10(2)6-11(16)8-12/h6-8,13-14,17H,5,9H2,1-4H3. The zero-order chi connectivity index (χ0) is 13.3. The molecule has 1 N–H and O–H groups in total. The maximum absolute atomic E-state index is 13.3. The molecule has 0 heterocycles. The molecule has 1 aliphatic carbocycles. The Bertz CT molecular complexity index is 410. The molecule has 0 saturated heterocycles. The van der Waals surface area contributed by atoms with E-state index < -0.39 is 0 Å². The van der Waals surface area contributed by atoms with E-state index in [-0.39, 0.29) is 11.2 Å². The number of nitrogens with one attached hydrogen (secondary N) is 1. The zero-order valence-electron chi connectivity index (χ0n) is 11.6. The van der Waals surface area contributed by atoms with Gasteiger partial charge in [0.2, 0.25) is 0 Å². The van der Waals surface area contributed by atoms with E-state index in [0.29, 0.717) is 12.1 Å². The summed E-state index contributed by atoms with van der Waals surface area (Å²) in [5.41, 5.74) is 1.90. The summed E-state index contributed by atoms with van der Waals surface area (Å²) in [6.07, 6.45) is 1.28. The predicted octanol–water partition coefficient (Wildman–Crippen LogP) is 3.75. The van der Waals surface area contributed by atoms with Crippen LogP contribution in [0, 0.1) is 18.2 Å². The molecule has 18 heavy (non-hydrogen) atoms. The number of aryl methyl sites for hydroxylation is 1. The molecule has 0 bridgehead atoms. The highest BCUT2D eigenvalue weighted by atomic mass is 19.1. The van der Waals surface area contributed by atoms with Crippen LogP contribution in [0.15, 0.2) is 18.2 Å². The third kappa shape index (κ3) is 2.51. The van der Waals surface area contributed by atoms with Crippen molar-refractivity contribution in [2.24, 2.45) is 5.41 Å². The molecule has 1 aliphatic rings. The lowest BCUT2D eigenvalue weighted by Crippen LogP contribution is -2.58. The van der Waals surface area contributed by atoms with Crippen molar-refractivity contribution in [2.45, 2.75) is 46.3 Å². The van der Waals surface area contributed by atoms with Crippen LogP contribution in [0.1, 0.15) is 32.8 Å². The van der Waals surface area contributed by atoms with Gasteiger partial charge in [-0.1, -0.05) is 13.8 Å². The smallest absolute Gasteiger partial charge is 0.125 e. The number of halogens is 1. The van der Waals surface area contributed by atoms with Crippen molar-refractivity contribution in [3.05, 3.63) is 29.6 Å².